The highest BCUT2D eigenvalue weighted by Crippen LogP contribution is 2.21. The lowest BCUT2D eigenvalue weighted by Gasteiger charge is -2.33. The second kappa shape index (κ2) is 10.5. The van der Waals surface area contributed by atoms with Crippen LogP contribution in [0.1, 0.15) is 70.6 Å². The van der Waals surface area contributed by atoms with Crippen molar-refractivity contribution in [2.24, 2.45) is 0 Å². The Bertz CT molecular complexity index is 640. The van der Waals surface area contributed by atoms with Crippen molar-refractivity contribution in [3.8, 4) is 0 Å². The molecule has 0 bridgehead atoms. The van der Waals surface area contributed by atoms with Crippen LogP contribution in [0, 0.1) is 0 Å². The fraction of sp³-hybridized carbons (Fsp3) is 1.00. The topological polar surface area (TPSA) is 133 Å². The average molecular weight is 427 g/mol. The zero-order valence-electron chi connectivity index (χ0n) is 15.8. The third-order valence-electron chi connectivity index (χ3n) is 5.79. The van der Waals surface area contributed by atoms with E-state index in [1.807, 2.05) is 0 Å². The van der Waals surface area contributed by atoms with Crippen LogP contribution in [-0.2, 0) is 20.2 Å². The van der Waals surface area contributed by atoms with Crippen molar-refractivity contribution >= 4 is 20.2 Å². The molecule has 0 aliphatic heterocycles. The first-order valence-electron chi connectivity index (χ1n) is 10.1. The molecule has 2 atom stereocenters. The lowest BCUT2D eigenvalue weighted by molar-refractivity contribution is 0.303. The Morgan fingerprint density at radius 1 is 0.815 bits per heavy atom. The van der Waals surface area contributed by atoms with Gasteiger partial charge in [0.2, 0.25) is 0 Å². The Kier molecular flexibility index (Phi) is 8.95. The molecule has 0 heterocycles. The molecule has 10 heteroatoms. The lowest BCUT2D eigenvalue weighted by atomic mass is 9.93. The van der Waals surface area contributed by atoms with E-state index in [0.717, 1.165) is 57.8 Å². The first kappa shape index (κ1) is 23.0. The van der Waals surface area contributed by atoms with Crippen molar-refractivity contribution in [1.82, 2.24) is 10.6 Å². The summed E-state index contributed by atoms with van der Waals surface area (Å²) in [5, 5.41) is 5.37. The summed E-state index contributed by atoms with van der Waals surface area (Å²) in [5.74, 6) is -0.535. The van der Waals surface area contributed by atoms with Crippen molar-refractivity contribution in [2.45, 2.75) is 94.0 Å². The maximum atomic E-state index is 12.1. The molecule has 4 N–H and O–H groups in total. The summed E-state index contributed by atoms with van der Waals surface area (Å²) in [4.78, 5) is 0. The van der Waals surface area contributed by atoms with E-state index in [1.54, 1.807) is 0 Å². The summed E-state index contributed by atoms with van der Waals surface area (Å²) in [6.45, 7) is 0.0688. The van der Waals surface area contributed by atoms with E-state index in [0.29, 0.717) is 0 Å². The Morgan fingerprint density at radius 2 is 1.33 bits per heavy atom. The van der Waals surface area contributed by atoms with Crippen LogP contribution < -0.4 is 10.6 Å². The Labute approximate surface area is 163 Å². The third-order valence-corrected chi connectivity index (χ3v) is 7.80. The molecule has 0 aromatic carbocycles. The standard InChI is InChI=1S/C17H34N2O6S2/c20-26(21,22)12-11-16(19-15-9-5-2-6-10-15)17(27(23,24)25)13-18-14-7-3-1-4-8-14/h14-19H,1-13H2,(H,20,21,22)(H,23,24,25). The van der Waals surface area contributed by atoms with E-state index in [4.69, 9.17) is 4.55 Å². The number of nitrogens with one attached hydrogen (secondary N) is 2. The van der Waals surface area contributed by atoms with Gasteiger partial charge in [0.05, 0.1) is 5.75 Å². The summed E-state index contributed by atoms with van der Waals surface area (Å²) in [6, 6.07) is -0.412. The molecule has 2 fully saturated rings. The quantitative estimate of drug-likeness (QED) is 0.388. The third kappa shape index (κ3) is 8.74. The SMILES string of the molecule is O=S(=O)(O)CCC(NC1CCCCC1)C(CNC1CCCCC1)S(=O)(=O)O. The Morgan fingerprint density at radius 3 is 1.81 bits per heavy atom. The van der Waals surface area contributed by atoms with Gasteiger partial charge in [-0.25, -0.2) is 0 Å². The smallest absolute Gasteiger partial charge is 0.270 e. The van der Waals surface area contributed by atoms with Crippen LogP contribution in [0.2, 0.25) is 0 Å². The predicted molar refractivity (Wildman–Crippen MR) is 105 cm³/mol. The largest absolute Gasteiger partial charge is 0.313 e. The van der Waals surface area contributed by atoms with Crippen LogP contribution >= 0.6 is 0 Å². The second-order valence-corrected chi connectivity index (χ2v) is 11.2. The molecule has 2 unspecified atom stereocenters. The minimum Gasteiger partial charge on any atom is -0.313 e. The molecule has 0 aromatic rings. The highest BCUT2D eigenvalue weighted by Gasteiger charge is 2.35. The van der Waals surface area contributed by atoms with Crippen molar-refractivity contribution in [1.29, 1.82) is 0 Å². The molecular formula is C17H34N2O6S2. The minimum absolute atomic E-state index is 0.0634. The van der Waals surface area contributed by atoms with Gasteiger partial charge in [-0.15, -0.1) is 0 Å². The Balaban J connectivity index is 2.08. The van der Waals surface area contributed by atoms with Gasteiger partial charge < -0.3 is 10.6 Å². The monoisotopic (exact) mass is 426 g/mol. The van der Waals surface area contributed by atoms with Crippen LogP contribution in [-0.4, -0.2) is 61.6 Å². The van der Waals surface area contributed by atoms with Gasteiger partial charge in [0, 0.05) is 24.7 Å². The lowest BCUT2D eigenvalue weighted by Crippen LogP contribution is -2.54. The predicted octanol–water partition coefficient (Wildman–Crippen LogP) is 1.73. The molecule has 8 nitrogen and oxygen atoms in total. The van der Waals surface area contributed by atoms with E-state index >= 15 is 0 Å². The first-order valence-corrected chi connectivity index (χ1v) is 13.2. The molecule has 2 aliphatic rings. The van der Waals surface area contributed by atoms with Crippen LogP contribution in [0.4, 0.5) is 0 Å². The van der Waals surface area contributed by atoms with Gasteiger partial charge in [0.15, 0.2) is 0 Å². The van der Waals surface area contributed by atoms with Crippen LogP contribution in [0.3, 0.4) is 0 Å². The first-order chi connectivity index (χ1) is 12.6. The maximum Gasteiger partial charge on any atom is 0.270 e. The number of hydrogen-bond donors (Lipinski definition) is 4. The molecule has 0 radical (unpaired) electrons. The molecule has 0 spiro atoms. The second-order valence-electron chi connectivity index (χ2n) is 7.98. The Hall–Kier alpha value is -0.260. The molecular weight excluding hydrogens is 392 g/mol. The summed E-state index contributed by atoms with van der Waals surface area (Å²) in [6.07, 6.45) is 10.3. The van der Waals surface area contributed by atoms with E-state index in [2.05, 4.69) is 10.6 Å². The summed E-state index contributed by atoms with van der Waals surface area (Å²) >= 11 is 0. The molecule has 0 amide bonds. The van der Waals surface area contributed by atoms with Crippen LogP contribution in [0.15, 0.2) is 0 Å². The molecule has 160 valence electrons. The summed E-state index contributed by atoms with van der Waals surface area (Å²) in [5.41, 5.74) is 0. The fourth-order valence-electron chi connectivity index (χ4n) is 4.27. The van der Waals surface area contributed by atoms with Crippen LogP contribution in [0.5, 0.6) is 0 Å². The maximum absolute atomic E-state index is 12.1. The van der Waals surface area contributed by atoms with Gasteiger partial charge in [0.1, 0.15) is 5.25 Å². The zero-order valence-corrected chi connectivity index (χ0v) is 17.5. The molecule has 2 rings (SSSR count). The number of rotatable bonds is 10. The van der Waals surface area contributed by atoms with E-state index in [9.17, 15) is 21.4 Å². The van der Waals surface area contributed by atoms with Gasteiger partial charge in [-0.2, -0.15) is 16.8 Å². The van der Waals surface area contributed by atoms with E-state index in [-0.39, 0.29) is 25.0 Å². The van der Waals surface area contributed by atoms with Crippen molar-refractivity contribution < 1.29 is 25.9 Å². The molecule has 2 aliphatic carbocycles. The summed E-state index contributed by atoms with van der Waals surface area (Å²) < 4.78 is 65.5. The number of hydrogen-bond acceptors (Lipinski definition) is 6. The zero-order chi connectivity index (χ0) is 19.9. The average Bonchev–Trinajstić information content (AvgIpc) is 2.59. The molecule has 0 aromatic heterocycles. The van der Waals surface area contributed by atoms with E-state index in [1.165, 1.54) is 6.42 Å². The van der Waals surface area contributed by atoms with Gasteiger partial charge in [0.25, 0.3) is 20.2 Å². The van der Waals surface area contributed by atoms with Crippen molar-refractivity contribution in [2.75, 3.05) is 12.3 Å². The molecule has 2 saturated carbocycles. The normalized spacial score (nSPS) is 23.2. The highest BCUT2D eigenvalue weighted by atomic mass is 32.2. The van der Waals surface area contributed by atoms with Gasteiger partial charge in [-0.05, 0) is 32.1 Å². The van der Waals surface area contributed by atoms with E-state index < -0.39 is 37.3 Å². The fourth-order valence-corrected chi connectivity index (χ4v) is 5.76. The van der Waals surface area contributed by atoms with Gasteiger partial charge in [-0.3, -0.25) is 9.11 Å². The molecule has 0 saturated heterocycles. The van der Waals surface area contributed by atoms with Crippen molar-refractivity contribution in [3.63, 3.8) is 0 Å². The molecule has 27 heavy (non-hydrogen) atoms. The summed E-state index contributed by atoms with van der Waals surface area (Å²) in [7, 11) is -8.60. The minimum atomic E-state index is -4.38. The van der Waals surface area contributed by atoms with Gasteiger partial charge in [-0.1, -0.05) is 38.5 Å². The van der Waals surface area contributed by atoms with Crippen LogP contribution in [0.25, 0.3) is 0 Å². The van der Waals surface area contributed by atoms with Gasteiger partial charge >= 0.3 is 0 Å². The highest BCUT2D eigenvalue weighted by molar-refractivity contribution is 7.86. The van der Waals surface area contributed by atoms with Crippen molar-refractivity contribution in [3.05, 3.63) is 0 Å².